The van der Waals surface area contributed by atoms with Gasteiger partial charge in [0.05, 0.1) is 4.90 Å². The lowest BCUT2D eigenvalue weighted by atomic mass is 10.0. The number of benzene rings is 1. The zero-order valence-electron chi connectivity index (χ0n) is 11.4. The Hall–Kier alpha value is -1.56. The Morgan fingerprint density at radius 2 is 1.79 bits per heavy atom. The van der Waals surface area contributed by atoms with Crippen molar-refractivity contribution in [2.24, 2.45) is 0 Å². The second-order valence-corrected chi connectivity index (χ2v) is 6.27. The van der Waals surface area contributed by atoms with Crippen LogP contribution >= 0.6 is 0 Å². The second-order valence-electron chi connectivity index (χ2n) is 4.59. The van der Waals surface area contributed by atoms with E-state index in [9.17, 15) is 13.2 Å². The van der Waals surface area contributed by atoms with Crippen molar-refractivity contribution in [1.82, 2.24) is 10.0 Å². The van der Waals surface area contributed by atoms with Crippen molar-refractivity contribution in [1.29, 1.82) is 0 Å². The maximum Gasteiger partial charge on any atom is 0.328 e. The highest BCUT2D eigenvalue weighted by Crippen LogP contribution is 2.17. The number of amides is 2. The van der Waals surface area contributed by atoms with Gasteiger partial charge in [0.25, 0.3) is 10.0 Å². The van der Waals surface area contributed by atoms with Gasteiger partial charge >= 0.3 is 6.03 Å². The Morgan fingerprint density at radius 3 is 2.26 bits per heavy atom. The Balaban J connectivity index is 2.80. The molecule has 0 saturated heterocycles. The van der Waals surface area contributed by atoms with Crippen molar-refractivity contribution < 1.29 is 13.2 Å². The molecule has 6 heteroatoms. The Kier molecular flexibility index (Phi) is 5.35. The fourth-order valence-electron chi connectivity index (χ4n) is 1.49. The normalized spacial score (nSPS) is 11.4. The van der Waals surface area contributed by atoms with E-state index >= 15 is 0 Å². The van der Waals surface area contributed by atoms with Crippen molar-refractivity contribution in [2.75, 3.05) is 6.54 Å². The van der Waals surface area contributed by atoms with E-state index in [1.165, 1.54) is 12.1 Å². The number of nitrogens with one attached hydrogen (secondary N) is 2. The number of urea groups is 1. The van der Waals surface area contributed by atoms with Crippen molar-refractivity contribution >= 4 is 16.1 Å². The molecule has 2 N–H and O–H groups in total. The molecular weight excluding hydrogens is 264 g/mol. The Morgan fingerprint density at radius 1 is 1.21 bits per heavy atom. The largest absolute Gasteiger partial charge is 0.337 e. The minimum Gasteiger partial charge on any atom is -0.337 e. The van der Waals surface area contributed by atoms with Crippen LogP contribution in [-0.2, 0) is 10.0 Å². The maximum atomic E-state index is 11.9. The summed E-state index contributed by atoms with van der Waals surface area (Å²) in [6.45, 7) is 6.38. The SMILES string of the molecule is CCCNC(=O)NS(=O)(=O)c1ccc(C(C)C)cc1. The van der Waals surface area contributed by atoms with E-state index in [2.05, 4.69) is 5.32 Å². The highest BCUT2D eigenvalue weighted by Gasteiger charge is 2.17. The monoisotopic (exact) mass is 284 g/mol. The molecule has 0 fully saturated rings. The summed E-state index contributed by atoms with van der Waals surface area (Å²) < 4.78 is 25.8. The zero-order valence-corrected chi connectivity index (χ0v) is 12.3. The summed E-state index contributed by atoms with van der Waals surface area (Å²) in [6.07, 6.45) is 0.747. The van der Waals surface area contributed by atoms with Crippen molar-refractivity contribution in [3.63, 3.8) is 0 Å². The molecule has 0 bridgehead atoms. The van der Waals surface area contributed by atoms with Gasteiger partial charge in [0, 0.05) is 6.54 Å². The molecule has 0 aliphatic carbocycles. The summed E-state index contributed by atoms with van der Waals surface area (Å²) in [5.41, 5.74) is 1.05. The van der Waals surface area contributed by atoms with E-state index in [0.717, 1.165) is 12.0 Å². The number of carbonyl (C=O) groups excluding carboxylic acids is 1. The molecule has 19 heavy (non-hydrogen) atoms. The van der Waals surface area contributed by atoms with E-state index in [0.29, 0.717) is 12.5 Å². The molecule has 0 radical (unpaired) electrons. The topological polar surface area (TPSA) is 75.3 Å². The smallest absolute Gasteiger partial charge is 0.328 e. The van der Waals surface area contributed by atoms with Gasteiger partial charge in [-0.2, -0.15) is 0 Å². The molecule has 1 aromatic carbocycles. The van der Waals surface area contributed by atoms with Crippen LogP contribution in [0.4, 0.5) is 4.79 Å². The van der Waals surface area contributed by atoms with Gasteiger partial charge in [-0.05, 0) is 30.0 Å². The number of carbonyl (C=O) groups is 1. The zero-order chi connectivity index (χ0) is 14.5. The first-order valence-corrected chi connectivity index (χ1v) is 7.75. The number of hydrogen-bond donors (Lipinski definition) is 2. The molecule has 2 amide bonds. The van der Waals surface area contributed by atoms with Crippen molar-refractivity contribution in [3.8, 4) is 0 Å². The predicted molar refractivity (Wildman–Crippen MR) is 74.5 cm³/mol. The molecule has 0 heterocycles. The summed E-state index contributed by atoms with van der Waals surface area (Å²) >= 11 is 0. The molecule has 1 rings (SSSR count). The number of hydrogen-bond acceptors (Lipinski definition) is 3. The van der Waals surface area contributed by atoms with Gasteiger partial charge in [0.1, 0.15) is 0 Å². The quantitative estimate of drug-likeness (QED) is 0.870. The summed E-state index contributed by atoms with van der Waals surface area (Å²) in [7, 11) is -3.79. The maximum absolute atomic E-state index is 11.9. The van der Waals surface area contributed by atoms with Gasteiger partial charge in [0.15, 0.2) is 0 Å². The van der Waals surface area contributed by atoms with E-state index < -0.39 is 16.1 Å². The number of rotatable bonds is 5. The third kappa shape index (κ3) is 4.55. The van der Waals surface area contributed by atoms with Gasteiger partial charge < -0.3 is 5.32 Å². The molecule has 0 spiro atoms. The fourth-order valence-corrected chi connectivity index (χ4v) is 2.42. The van der Waals surface area contributed by atoms with Crippen LogP contribution in [0.1, 0.15) is 38.7 Å². The summed E-state index contributed by atoms with van der Waals surface area (Å²) in [4.78, 5) is 11.5. The van der Waals surface area contributed by atoms with E-state index in [1.807, 2.05) is 25.5 Å². The molecule has 1 aromatic rings. The lowest BCUT2D eigenvalue weighted by Gasteiger charge is -2.09. The minimum atomic E-state index is -3.79. The van der Waals surface area contributed by atoms with Crippen molar-refractivity contribution in [3.05, 3.63) is 29.8 Å². The molecule has 106 valence electrons. The van der Waals surface area contributed by atoms with Gasteiger partial charge in [0.2, 0.25) is 0 Å². The van der Waals surface area contributed by atoms with Crippen LogP contribution < -0.4 is 10.0 Å². The second kappa shape index (κ2) is 6.56. The van der Waals surface area contributed by atoms with E-state index in [1.54, 1.807) is 12.1 Å². The molecule has 0 atom stereocenters. The Bertz CT molecular complexity index is 521. The molecular formula is C13H20N2O3S. The highest BCUT2D eigenvalue weighted by atomic mass is 32.2. The number of sulfonamides is 1. The highest BCUT2D eigenvalue weighted by molar-refractivity contribution is 7.90. The predicted octanol–water partition coefficient (Wildman–Crippen LogP) is 2.21. The molecule has 0 saturated carbocycles. The third-order valence-electron chi connectivity index (χ3n) is 2.62. The lowest BCUT2D eigenvalue weighted by Crippen LogP contribution is -2.39. The van der Waals surface area contributed by atoms with Crippen LogP contribution in [0.15, 0.2) is 29.2 Å². The molecule has 0 unspecified atom stereocenters. The van der Waals surface area contributed by atoms with E-state index in [4.69, 9.17) is 0 Å². The molecule has 0 aliphatic heterocycles. The van der Waals surface area contributed by atoms with Crippen LogP contribution in [0.25, 0.3) is 0 Å². The standard InChI is InChI=1S/C13H20N2O3S/c1-4-9-14-13(16)15-19(17,18)12-7-5-11(6-8-12)10(2)3/h5-8,10H,4,9H2,1-3H3,(H2,14,15,16). The van der Waals surface area contributed by atoms with E-state index in [-0.39, 0.29) is 4.90 Å². The van der Waals surface area contributed by atoms with Crippen molar-refractivity contribution in [2.45, 2.75) is 38.0 Å². The van der Waals surface area contributed by atoms with Crippen LogP contribution in [-0.4, -0.2) is 21.0 Å². The fraction of sp³-hybridized carbons (Fsp3) is 0.462. The lowest BCUT2D eigenvalue weighted by molar-refractivity contribution is 0.246. The first-order chi connectivity index (χ1) is 8.86. The van der Waals surface area contributed by atoms with Gasteiger partial charge in [-0.25, -0.2) is 17.9 Å². The van der Waals surface area contributed by atoms with Crippen LogP contribution in [0.5, 0.6) is 0 Å². The van der Waals surface area contributed by atoms with Crippen LogP contribution in [0.3, 0.4) is 0 Å². The first kappa shape index (κ1) is 15.5. The summed E-state index contributed by atoms with van der Waals surface area (Å²) in [5, 5.41) is 2.46. The molecule has 5 nitrogen and oxygen atoms in total. The third-order valence-corrected chi connectivity index (χ3v) is 3.97. The molecule has 0 aromatic heterocycles. The average Bonchev–Trinajstić information content (AvgIpc) is 2.36. The van der Waals surface area contributed by atoms with Gasteiger partial charge in [-0.3, -0.25) is 0 Å². The molecule has 0 aliphatic rings. The van der Waals surface area contributed by atoms with Gasteiger partial charge in [-0.15, -0.1) is 0 Å². The van der Waals surface area contributed by atoms with Gasteiger partial charge in [-0.1, -0.05) is 32.9 Å². The first-order valence-electron chi connectivity index (χ1n) is 6.27. The summed E-state index contributed by atoms with van der Waals surface area (Å²) in [5.74, 6) is 0.331. The Labute approximate surface area is 114 Å². The summed E-state index contributed by atoms with van der Waals surface area (Å²) in [6, 6.07) is 5.82. The van der Waals surface area contributed by atoms with Crippen LogP contribution in [0.2, 0.25) is 0 Å². The minimum absolute atomic E-state index is 0.0866. The average molecular weight is 284 g/mol. The van der Waals surface area contributed by atoms with Crippen LogP contribution in [0, 0.1) is 0 Å².